The molecule has 4 nitrogen and oxygen atoms in total. The summed E-state index contributed by atoms with van der Waals surface area (Å²) in [4.78, 5) is 8.74. The van der Waals surface area contributed by atoms with E-state index < -0.39 is 0 Å². The van der Waals surface area contributed by atoms with Crippen molar-refractivity contribution < 1.29 is 0 Å². The number of rotatable bonds is 2. The van der Waals surface area contributed by atoms with Crippen LogP contribution in [0.15, 0.2) is 54.9 Å². The molecule has 1 aromatic carbocycles. The highest BCUT2D eigenvalue weighted by molar-refractivity contribution is 5.60. The maximum Gasteiger partial charge on any atom is 0.159 e. The summed E-state index contributed by atoms with van der Waals surface area (Å²) in [7, 11) is 0. The number of aryl methyl sites for hydroxylation is 1. The van der Waals surface area contributed by atoms with Crippen molar-refractivity contribution in [3.63, 3.8) is 0 Å². The summed E-state index contributed by atoms with van der Waals surface area (Å²) >= 11 is 0. The molecule has 0 spiro atoms. The smallest absolute Gasteiger partial charge is 0.159 e. The van der Waals surface area contributed by atoms with Gasteiger partial charge in [0.25, 0.3) is 0 Å². The van der Waals surface area contributed by atoms with Crippen molar-refractivity contribution in [3.8, 4) is 22.6 Å². The van der Waals surface area contributed by atoms with Crippen molar-refractivity contribution in [2.45, 2.75) is 6.92 Å². The first-order chi connectivity index (χ1) is 9.33. The molecule has 0 aliphatic heterocycles. The Kier molecular flexibility index (Phi) is 2.98. The Labute approximate surface area is 111 Å². The molecule has 0 atom stereocenters. The lowest BCUT2D eigenvalue weighted by Gasteiger charge is -2.02. The molecule has 19 heavy (non-hydrogen) atoms. The highest BCUT2D eigenvalue weighted by Gasteiger charge is 2.03. The molecular formula is C15H12N4. The molecule has 0 N–H and O–H groups in total. The van der Waals surface area contributed by atoms with E-state index in [2.05, 4.69) is 20.2 Å². The third kappa shape index (κ3) is 2.47. The molecule has 92 valence electrons. The molecule has 2 aromatic heterocycles. The lowest BCUT2D eigenvalue weighted by atomic mass is 10.2. The third-order valence-corrected chi connectivity index (χ3v) is 2.78. The van der Waals surface area contributed by atoms with Gasteiger partial charge < -0.3 is 0 Å². The molecule has 0 unspecified atom stereocenters. The fourth-order valence-corrected chi connectivity index (χ4v) is 1.75. The van der Waals surface area contributed by atoms with E-state index in [0.717, 1.165) is 22.5 Å². The molecule has 2 heterocycles. The summed E-state index contributed by atoms with van der Waals surface area (Å²) in [6, 6.07) is 13.7. The van der Waals surface area contributed by atoms with E-state index in [1.54, 1.807) is 12.4 Å². The second kappa shape index (κ2) is 4.94. The largest absolute Gasteiger partial charge is 0.236 e. The van der Waals surface area contributed by atoms with Crippen LogP contribution in [0.4, 0.5) is 0 Å². The quantitative estimate of drug-likeness (QED) is 0.699. The van der Waals surface area contributed by atoms with E-state index >= 15 is 0 Å². The minimum absolute atomic E-state index is 0.712. The first-order valence-corrected chi connectivity index (χ1v) is 6.01. The Balaban J connectivity index is 1.93. The lowest BCUT2D eigenvalue weighted by molar-refractivity contribution is 0.983. The van der Waals surface area contributed by atoms with Crippen LogP contribution in [0.3, 0.4) is 0 Å². The van der Waals surface area contributed by atoms with E-state index in [4.69, 9.17) is 0 Å². The summed E-state index contributed by atoms with van der Waals surface area (Å²) in [5.41, 5.74) is 3.55. The van der Waals surface area contributed by atoms with Gasteiger partial charge in [-0.2, -0.15) is 10.2 Å². The average Bonchev–Trinajstić information content (AvgIpc) is 2.49. The van der Waals surface area contributed by atoms with Crippen molar-refractivity contribution in [1.82, 2.24) is 20.2 Å². The average molecular weight is 248 g/mol. The molecule has 0 radical (unpaired) electrons. The maximum atomic E-state index is 4.37. The molecule has 0 saturated heterocycles. The van der Waals surface area contributed by atoms with Crippen LogP contribution in [-0.4, -0.2) is 20.2 Å². The van der Waals surface area contributed by atoms with Crippen molar-refractivity contribution in [2.75, 3.05) is 0 Å². The van der Waals surface area contributed by atoms with E-state index in [9.17, 15) is 0 Å². The number of hydrogen-bond donors (Lipinski definition) is 0. The molecule has 3 rings (SSSR count). The Hall–Kier alpha value is -2.62. The standard InChI is InChI=1S/C15H12N4/c1-11-7-8-14(19-18-11)13-9-16-15(17-10-13)12-5-3-2-4-6-12/h2-10H,1H3. The van der Waals surface area contributed by atoms with Crippen LogP contribution < -0.4 is 0 Å². The van der Waals surface area contributed by atoms with Gasteiger partial charge in [0.2, 0.25) is 0 Å². The highest BCUT2D eigenvalue weighted by atomic mass is 15.1. The summed E-state index contributed by atoms with van der Waals surface area (Å²) in [5, 5.41) is 8.15. The van der Waals surface area contributed by atoms with Gasteiger partial charge in [0, 0.05) is 23.5 Å². The van der Waals surface area contributed by atoms with Gasteiger partial charge in [0.15, 0.2) is 5.82 Å². The van der Waals surface area contributed by atoms with Gasteiger partial charge in [-0.15, -0.1) is 0 Å². The summed E-state index contributed by atoms with van der Waals surface area (Å²) < 4.78 is 0. The van der Waals surface area contributed by atoms with Crippen LogP contribution in [-0.2, 0) is 0 Å². The van der Waals surface area contributed by atoms with Gasteiger partial charge in [0.1, 0.15) is 0 Å². The zero-order chi connectivity index (χ0) is 13.1. The molecule has 0 saturated carbocycles. The predicted octanol–water partition coefficient (Wildman–Crippen LogP) is 2.91. The highest BCUT2D eigenvalue weighted by Crippen LogP contribution is 2.18. The normalized spacial score (nSPS) is 10.4. The summed E-state index contributed by atoms with van der Waals surface area (Å²) in [6.07, 6.45) is 3.54. The second-order valence-corrected chi connectivity index (χ2v) is 4.22. The summed E-state index contributed by atoms with van der Waals surface area (Å²) in [5.74, 6) is 0.712. The van der Waals surface area contributed by atoms with Gasteiger partial charge in [0.05, 0.1) is 11.4 Å². The van der Waals surface area contributed by atoms with Gasteiger partial charge in [-0.05, 0) is 19.1 Å². The van der Waals surface area contributed by atoms with Gasteiger partial charge in [-0.3, -0.25) is 0 Å². The molecule has 0 aliphatic rings. The fraction of sp³-hybridized carbons (Fsp3) is 0.0667. The monoisotopic (exact) mass is 248 g/mol. The van der Waals surface area contributed by atoms with Gasteiger partial charge in [-0.1, -0.05) is 30.3 Å². The van der Waals surface area contributed by atoms with Crippen molar-refractivity contribution in [3.05, 3.63) is 60.6 Å². The minimum Gasteiger partial charge on any atom is -0.236 e. The maximum absolute atomic E-state index is 4.37. The number of aromatic nitrogens is 4. The van der Waals surface area contributed by atoms with Crippen molar-refractivity contribution >= 4 is 0 Å². The molecule has 4 heteroatoms. The topological polar surface area (TPSA) is 51.6 Å². The molecular weight excluding hydrogens is 236 g/mol. The molecule has 0 amide bonds. The van der Waals surface area contributed by atoms with Crippen LogP contribution in [0.2, 0.25) is 0 Å². The summed E-state index contributed by atoms with van der Waals surface area (Å²) in [6.45, 7) is 1.91. The SMILES string of the molecule is Cc1ccc(-c2cnc(-c3ccccc3)nc2)nn1. The molecule has 0 bridgehead atoms. The van der Waals surface area contributed by atoms with Crippen LogP contribution >= 0.6 is 0 Å². The van der Waals surface area contributed by atoms with Gasteiger partial charge in [-0.25, -0.2) is 9.97 Å². The van der Waals surface area contributed by atoms with Crippen LogP contribution in [0.1, 0.15) is 5.69 Å². The Morgan fingerprint density at radius 3 is 2.11 bits per heavy atom. The Morgan fingerprint density at radius 2 is 1.47 bits per heavy atom. The van der Waals surface area contributed by atoms with Crippen molar-refractivity contribution in [1.29, 1.82) is 0 Å². The number of hydrogen-bond acceptors (Lipinski definition) is 4. The minimum atomic E-state index is 0.712. The Bertz CT molecular complexity index is 661. The lowest BCUT2D eigenvalue weighted by Crippen LogP contribution is -1.93. The van der Waals surface area contributed by atoms with E-state index in [1.807, 2.05) is 49.4 Å². The fourth-order valence-electron chi connectivity index (χ4n) is 1.75. The van der Waals surface area contributed by atoms with E-state index in [1.165, 1.54) is 0 Å². The molecule has 0 aliphatic carbocycles. The first-order valence-electron chi connectivity index (χ1n) is 6.01. The molecule has 0 fully saturated rings. The number of nitrogens with zero attached hydrogens (tertiary/aromatic N) is 4. The Morgan fingerprint density at radius 1 is 0.737 bits per heavy atom. The van der Waals surface area contributed by atoms with Crippen molar-refractivity contribution in [2.24, 2.45) is 0 Å². The van der Waals surface area contributed by atoms with E-state index in [-0.39, 0.29) is 0 Å². The zero-order valence-corrected chi connectivity index (χ0v) is 10.5. The number of benzene rings is 1. The van der Waals surface area contributed by atoms with Gasteiger partial charge >= 0.3 is 0 Å². The predicted molar refractivity (Wildman–Crippen MR) is 73.2 cm³/mol. The first kappa shape index (κ1) is 11.5. The van der Waals surface area contributed by atoms with Crippen LogP contribution in [0, 0.1) is 6.92 Å². The zero-order valence-electron chi connectivity index (χ0n) is 10.5. The second-order valence-electron chi connectivity index (χ2n) is 4.22. The van der Waals surface area contributed by atoms with E-state index in [0.29, 0.717) is 5.82 Å². The molecule has 3 aromatic rings. The van der Waals surface area contributed by atoms with Crippen LogP contribution in [0.25, 0.3) is 22.6 Å². The van der Waals surface area contributed by atoms with Crippen LogP contribution in [0.5, 0.6) is 0 Å². The third-order valence-electron chi connectivity index (χ3n) is 2.78.